The highest BCUT2D eigenvalue weighted by molar-refractivity contribution is 6.80. The maximum absolute atomic E-state index is 2.59. The minimum absolute atomic E-state index is 0.796. The Labute approximate surface area is 70.4 Å². The van der Waals surface area contributed by atoms with Gasteiger partial charge >= 0.3 is 0 Å². The molecule has 4 saturated carbocycles. The molecule has 4 rings (SSSR count). The minimum Gasteiger partial charge on any atom is -0.0691 e. The molecule has 3 unspecified atom stereocenters. The first-order chi connectivity index (χ1) is 5.06. The molecule has 4 bridgehead atoms. The van der Waals surface area contributed by atoms with Crippen molar-refractivity contribution in [3.05, 3.63) is 0 Å². The fourth-order valence-corrected chi connectivity index (χ4v) is 8.21. The number of hydrogen-bond acceptors (Lipinski definition) is 0. The van der Waals surface area contributed by atoms with E-state index in [0.717, 1.165) is 5.04 Å². The van der Waals surface area contributed by atoms with Crippen LogP contribution in [0, 0.1) is 17.8 Å². The van der Waals surface area contributed by atoms with Gasteiger partial charge in [-0.25, -0.2) is 0 Å². The standard InChI is InChI=1S/C10H18Si/c1-11(2,3)10-6-7-4-8(10)9(10)5-7/h7-9H,4-6H2,1-3H3/t7?,8-,9?,10?/m0/s1. The van der Waals surface area contributed by atoms with Gasteiger partial charge in [0, 0.05) is 0 Å². The molecule has 0 aromatic rings. The molecule has 0 nitrogen and oxygen atoms in total. The Morgan fingerprint density at radius 2 is 1.64 bits per heavy atom. The van der Waals surface area contributed by atoms with Crippen LogP contribution in [0.2, 0.25) is 24.7 Å². The van der Waals surface area contributed by atoms with Gasteiger partial charge in [-0.2, -0.15) is 0 Å². The second-order valence-electron chi connectivity index (χ2n) is 6.04. The summed E-state index contributed by atoms with van der Waals surface area (Å²) < 4.78 is 0. The molecule has 4 aliphatic carbocycles. The van der Waals surface area contributed by atoms with Crippen molar-refractivity contribution in [3.8, 4) is 0 Å². The van der Waals surface area contributed by atoms with Crippen molar-refractivity contribution in [3.63, 3.8) is 0 Å². The molecule has 0 radical (unpaired) electrons. The van der Waals surface area contributed by atoms with E-state index in [-0.39, 0.29) is 0 Å². The smallest absolute Gasteiger partial charge is 0.0513 e. The number of hydrogen-bond donors (Lipinski definition) is 0. The van der Waals surface area contributed by atoms with Gasteiger partial charge in [-0.1, -0.05) is 19.6 Å². The molecule has 4 aliphatic rings. The molecule has 1 heteroatoms. The second-order valence-corrected chi connectivity index (χ2v) is 11.5. The average molecular weight is 166 g/mol. The largest absolute Gasteiger partial charge is 0.0691 e. The molecule has 0 aliphatic heterocycles. The maximum atomic E-state index is 2.59. The summed E-state index contributed by atoms with van der Waals surface area (Å²) in [4.78, 5) is 0. The van der Waals surface area contributed by atoms with Crippen LogP contribution >= 0.6 is 0 Å². The van der Waals surface area contributed by atoms with Gasteiger partial charge in [0.25, 0.3) is 0 Å². The molecule has 0 N–H and O–H groups in total. The van der Waals surface area contributed by atoms with Crippen molar-refractivity contribution in [1.29, 1.82) is 0 Å². The van der Waals surface area contributed by atoms with E-state index in [9.17, 15) is 0 Å². The van der Waals surface area contributed by atoms with Crippen LogP contribution in [-0.4, -0.2) is 8.07 Å². The van der Waals surface area contributed by atoms with Gasteiger partial charge in [0.2, 0.25) is 0 Å². The third kappa shape index (κ3) is 0.526. The van der Waals surface area contributed by atoms with Gasteiger partial charge in [-0.15, -0.1) is 0 Å². The highest BCUT2D eigenvalue weighted by atomic mass is 28.3. The second kappa shape index (κ2) is 1.48. The summed E-state index contributed by atoms with van der Waals surface area (Å²) >= 11 is 0. The molecule has 0 amide bonds. The van der Waals surface area contributed by atoms with Gasteiger partial charge in [-0.05, 0) is 42.1 Å². The Kier molecular flexibility index (Phi) is 0.902. The Balaban J connectivity index is 2.01. The van der Waals surface area contributed by atoms with Crippen molar-refractivity contribution in [2.75, 3.05) is 0 Å². The van der Waals surface area contributed by atoms with E-state index in [4.69, 9.17) is 0 Å². The first-order valence-electron chi connectivity index (χ1n) is 5.06. The van der Waals surface area contributed by atoms with Crippen LogP contribution in [0.1, 0.15) is 19.3 Å². The highest BCUT2D eigenvalue weighted by Crippen LogP contribution is 2.87. The molecule has 0 heterocycles. The van der Waals surface area contributed by atoms with Gasteiger partial charge in [0.15, 0.2) is 0 Å². The van der Waals surface area contributed by atoms with Crippen molar-refractivity contribution < 1.29 is 0 Å². The quantitative estimate of drug-likeness (QED) is 0.525. The average Bonchev–Trinajstić information content (AvgIpc) is 2.39. The van der Waals surface area contributed by atoms with Crippen LogP contribution in [0.5, 0.6) is 0 Å². The van der Waals surface area contributed by atoms with Gasteiger partial charge in [-0.3, -0.25) is 0 Å². The lowest BCUT2D eigenvalue weighted by Gasteiger charge is -2.27. The molecule has 0 aromatic heterocycles. The molecular weight excluding hydrogens is 148 g/mol. The lowest BCUT2D eigenvalue weighted by Crippen LogP contribution is -2.29. The highest BCUT2D eigenvalue weighted by Gasteiger charge is 2.77. The Morgan fingerprint density at radius 1 is 1.09 bits per heavy atom. The lowest BCUT2D eigenvalue weighted by molar-refractivity contribution is 0.604. The molecule has 0 saturated heterocycles. The summed E-state index contributed by atoms with van der Waals surface area (Å²) in [5, 5.41) is 0.970. The third-order valence-electron chi connectivity index (χ3n) is 4.90. The molecular formula is C10H18Si. The topological polar surface area (TPSA) is 0 Å². The van der Waals surface area contributed by atoms with Crippen LogP contribution in [0.25, 0.3) is 0 Å². The predicted molar refractivity (Wildman–Crippen MR) is 50.4 cm³/mol. The van der Waals surface area contributed by atoms with Crippen LogP contribution in [0.4, 0.5) is 0 Å². The van der Waals surface area contributed by atoms with Crippen LogP contribution in [0.3, 0.4) is 0 Å². The van der Waals surface area contributed by atoms with E-state index in [1.165, 1.54) is 17.8 Å². The summed E-state index contributed by atoms with van der Waals surface area (Å²) in [5.74, 6) is 3.62. The summed E-state index contributed by atoms with van der Waals surface area (Å²) in [6.07, 6.45) is 4.88. The minimum atomic E-state index is -0.796. The van der Waals surface area contributed by atoms with Crippen LogP contribution < -0.4 is 0 Å². The van der Waals surface area contributed by atoms with E-state index in [2.05, 4.69) is 19.6 Å². The molecule has 0 aromatic carbocycles. The van der Waals surface area contributed by atoms with Gasteiger partial charge in [0.05, 0.1) is 8.07 Å². The normalized spacial score (nSPS) is 58.6. The summed E-state index contributed by atoms with van der Waals surface area (Å²) in [6.45, 7) is 7.77. The molecule has 11 heavy (non-hydrogen) atoms. The van der Waals surface area contributed by atoms with Crippen molar-refractivity contribution in [1.82, 2.24) is 0 Å². The van der Waals surface area contributed by atoms with Gasteiger partial charge < -0.3 is 0 Å². The zero-order valence-electron chi connectivity index (χ0n) is 7.85. The summed E-state index contributed by atoms with van der Waals surface area (Å²) in [7, 11) is -0.796. The zero-order valence-corrected chi connectivity index (χ0v) is 8.85. The fourth-order valence-electron chi connectivity index (χ4n) is 4.53. The van der Waals surface area contributed by atoms with E-state index < -0.39 is 8.07 Å². The zero-order chi connectivity index (χ0) is 7.85. The first kappa shape index (κ1) is 6.70. The summed E-state index contributed by atoms with van der Waals surface area (Å²) in [6, 6.07) is 0. The lowest BCUT2D eigenvalue weighted by atomic mass is 10.1. The molecule has 0 spiro atoms. The monoisotopic (exact) mass is 166 g/mol. The Hall–Kier alpha value is 0.217. The van der Waals surface area contributed by atoms with Crippen molar-refractivity contribution in [2.45, 2.75) is 43.9 Å². The van der Waals surface area contributed by atoms with Crippen molar-refractivity contribution >= 4 is 8.07 Å². The predicted octanol–water partition coefficient (Wildman–Crippen LogP) is 3.12. The van der Waals surface area contributed by atoms with Crippen LogP contribution in [-0.2, 0) is 0 Å². The molecule has 62 valence electrons. The SMILES string of the molecule is C[Si](C)(C)C12CC3CC1[C@@H]2C3. The van der Waals surface area contributed by atoms with Crippen LogP contribution in [0.15, 0.2) is 0 Å². The van der Waals surface area contributed by atoms with Crippen molar-refractivity contribution in [2.24, 2.45) is 17.8 Å². The van der Waals surface area contributed by atoms with E-state index >= 15 is 0 Å². The maximum Gasteiger partial charge on any atom is 0.0513 e. The van der Waals surface area contributed by atoms with E-state index in [1.54, 1.807) is 19.3 Å². The fraction of sp³-hybridized carbons (Fsp3) is 1.00. The third-order valence-corrected chi connectivity index (χ3v) is 8.64. The molecule has 4 fully saturated rings. The van der Waals surface area contributed by atoms with Gasteiger partial charge in [0.1, 0.15) is 0 Å². The first-order valence-corrected chi connectivity index (χ1v) is 8.56. The Morgan fingerprint density at radius 3 is 1.82 bits per heavy atom. The van der Waals surface area contributed by atoms with E-state index in [1.807, 2.05) is 0 Å². The van der Waals surface area contributed by atoms with E-state index in [0.29, 0.717) is 0 Å². The summed E-state index contributed by atoms with van der Waals surface area (Å²) in [5.41, 5.74) is 0. The number of rotatable bonds is 1. The molecule has 4 atom stereocenters. The Bertz CT molecular complexity index is 201.